The second kappa shape index (κ2) is 7.43. The van der Waals surface area contributed by atoms with E-state index in [1.165, 1.54) is 0 Å². The lowest BCUT2D eigenvalue weighted by molar-refractivity contribution is 0.0987. The Hall–Kier alpha value is -2.58. The summed E-state index contributed by atoms with van der Waals surface area (Å²) in [4.78, 5) is 42.4. The Morgan fingerprint density at radius 2 is 1.14 bits per heavy atom. The smallest absolute Gasteiger partial charge is 0.348 e. The molecular formula is C12H8Cl2N4O4. The van der Waals surface area contributed by atoms with Crippen molar-refractivity contribution in [1.29, 1.82) is 0 Å². The van der Waals surface area contributed by atoms with Gasteiger partial charge >= 0.3 is 12.1 Å². The topological polar surface area (TPSA) is 145 Å². The maximum atomic E-state index is 11.5. The van der Waals surface area contributed by atoms with Crippen molar-refractivity contribution in [1.82, 2.24) is 0 Å². The van der Waals surface area contributed by atoms with Crippen molar-refractivity contribution in [3.05, 3.63) is 45.5 Å². The van der Waals surface area contributed by atoms with Gasteiger partial charge in [-0.15, -0.1) is 0 Å². The van der Waals surface area contributed by atoms with Gasteiger partial charge in [-0.05, 0) is 0 Å². The molecule has 1 aliphatic carbocycles. The van der Waals surface area contributed by atoms with Gasteiger partial charge in [0.25, 0.3) is 0 Å². The van der Waals surface area contributed by atoms with Crippen LogP contribution >= 0.6 is 23.2 Å². The highest BCUT2D eigenvalue weighted by Gasteiger charge is 2.29. The molecule has 1 aliphatic rings. The minimum Gasteiger partial charge on any atom is -0.348 e. The normalized spacial score (nSPS) is 13.5. The van der Waals surface area contributed by atoms with Crippen LogP contribution in [-0.4, -0.2) is 23.6 Å². The van der Waals surface area contributed by atoms with Crippen LogP contribution in [0, 0.1) is 0 Å². The number of ketones is 2. The van der Waals surface area contributed by atoms with Crippen molar-refractivity contribution in [3.8, 4) is 0 Å². The summed E-state index contributed by atoms with van der Waals surface area (Å²) in [5.41, 5.74) is 9.49. The summed E-state index contributed by atoms with van der Waals surface area (Å²) in [5, 5.41) is 4.83. The van der Waals surface area contributed by atoms with Gasteiger partial charge in [-0.3, -0.25) is 9.59 Å². The second-order valence-electron chi connectivity index (χ2n) is 3.71. The van der Waals surface area contributed by atoms with Crippen LogP contribution < -0.4 is 11.5 Å². The van der Waals surface area contributed by atoms with Crippen molar-refractivity contribution < 1.29 is 19.2 Å². The van der Waals surface area contributed by atoms with E-state index >= 15 is 0 Å². The number of carbonyl (C=O) groups is 4. The highest BCUT2D eigenvalue weighted by molar-refractivity contribution is 6.59. The van der Waals surface area contributed by atoms with Gasteiger partial charge in [0.1, 0.15) is 10.1 Å². The average molecular weight is 343 g/mol. The van der Waals surface area contributed by atoms with E-state index in [0.29, 0.717) is 11.1 Å². The van der Waals surface area contributed by atoms with Crippen LogP contribution in [0.5, 0.6) is 0 Å². The van der Waals surface area contributed by atoms with Crippen LogP contribution in [0.2, 0.25) is 0 Å². The third-order valence-electron chi connectivity index (χ3n) is 2.25. The number of nitrogens with zero attached hydrogens (tertiary/aromatic N) is 2. The Morgan fingerprint density at radius 3 is 1.41 bits per heavy atom. The third kappa shape index (κ3) is 4.21. The summed E-state index contributed by atoms with van der Waals surface area (Å²) in [7, 11) is 0. The molecule has 2 rings (SSSR count). The number of hydrogen-bond acceptors (Lipinski definition) is 4. The molecule has 0 unspecified atom stereocenters. The van der Waals surface area contributed by atoms with Gasteiger partial charge in [0.2, 0.25) is 11.6 Å². The summed E-state index contributed by atoms with van der Waals surface area (Å²) in [5.74, 6) is -0.793. The molecular weight excluding hydrogens is 335 g/mol. The zero-order chi connectivity index (χ0) is 16.9. The number of halogens is 2. The van der Waals surface area contributed by atoms with Crippen LogP contribution in [0.4, 0.5) is 9.59 Å². The maximum absolute atomic E-state index is 11.5. The van der Waals surface area contributed by atoms with Crippen molar-refractivity contribution in [3.63, 3.8) is 0 Å². The molecule has 1 aromatic rings. The van der Waals surface area contributed by atoms with Crippen molar-refractivity contribution >= 4 is 46.8 Å². The number of rotatable bonds is 0. The number of hydrogen-bond donors (Lipinski definition) is 2. The van der Waals surface area contributed by atoms with E-state index < -0.39 is 23.6 Å². The predicted octanol–water partition coefficient (Wildman–Crippen LogP) is 2.35. The molecule has 0 atom stereocenters. The first-order chi connectivity index (χ1) is 10.3. The summed E-state index contributed by atoms with van der Waals surface area (Å²) in [6.45, 7) is 0. The van der Waals surface area contributed by atoms with E-state index in [1.807, 2.05) is 0 Å². The van der Waals surface area contributed by atoms with Gasteiger partial charge in [-0.25, -0.2) is 9.59 Å². The average Bonchev–Trinajstić information content (AvgIpc) is 2.49. The largest absolute Gasteiger partial charge is 0.357 e. The molecule has 4 N–H and O–H groups in total. The Labute approximate surface area is 133 Å². The lowest BCUT2D eigenvalue weighted by Crippen LogP contribution is -2.17. The summed E-state index contributed by atoms with van der Waals surface area (Å²) in [6, 6.07) is 4.39. The quantitative estimate of drug-likeness (QED) is 0.696. The molecule has 1 aromatic carbocycles. The van der Waals surface area contributed by atoms with Crippen molar-refractivity contribution in [2.75, 3.05) is 0 Å². The molecule has 0 aromatic heterocycles. The third-order valence-corrected chi connectivity index (χ3v) is 3.07. The summed E-state index contributed by atoms with van der Waals surface area (Å²) < 4.78 is 0. The van der Waals surface area contributed by atoms with E-state index in [-0.39, 0.29) is 10.1 Å². The first kappa shape index (κ1) is 17.5. The summed E-state index contributed by atoms with van der Waals surface area (Å²) in [6.07, 6.45) is 0. The number of Topliss-reactive ketones (excluding diaryl/α,β-unsaturated/α-hetero) is 2. The lowest BCUT2D eigenvalue weighted by atomic mass is 9.95. The molecule has 114 valence electrons. The molecule has 0 radical (unpaired) electrons. The van der Waals surface area contributed by atoms with E-state index in [4.69, 9.17) is 23.2 Å². The van der Waals surface area contributed by atoms with Crippen LogP contribution in [-0.2, 0) is 0 Å². The molecule has 22 heavy (non-hydrogen) atoms. The zero-order valence-corrected chi connectivity index (χ0v) is 12.3. The van der Waals surface area contributed by atoms with E-state index in [9.17, 15) is 19.2 Å². The number of nitrogens with two attached hydrogens (primary N) is 2. The maximum Gasteiger partial charge on any atom is 0.357 e. The fourth-order valence-corrected chi connectivity index (χ4v) is 1.79. The predicted molar refractivity (Wildman–Crippen MR) is 77.9 cm³/mol. The Balaban J connectivity index is 0.000000261. The molecule has 4 amide bonds. The van der Waals surface area contributed by atoms with Crippen molar-refractivity contribution in [2.24, 2.45) is 21.7 Å². The molecule has 0 heterocycles. The van der Waals surface area contributed by atoms with Gasteiger partial charge in [-0.2, -0.15) is 0 Å². The minimum absolute atomic E-state index is 0.199. The molecule has 0 bridgehead atoms. The SMILES string of the molecule is NC(=O)N=NC(N)=O.O=C1C(Cl)=C(Cl)C(=O)c2ccccc21. The fraction of sp³-hybridized carbons (Fsp3) is 0. The van der Waals surface area contributed by atoms with Crippen LogP contribution in [0.1, 0.15) is 20.7 Å². The van der Waals surface area contributed by atoms with Crippen LogP contribution in [0.3, 0.4) is 0 Å². The van der Waals surface area contributed by atoms with Gasteiger partial charge in [0.15, 0.2) is 0 Å². The molecule has 0 aliphatic heterocycles. The Morgan fingerprint density at radius 1 is 0.818 bits per heavy atom. The number of carbonyl (C=O) groups excluding carboxylic acids is 4. The van der Waals surface area contributed by atoms with E-state index in [0.717, 1.165) is 0 Å². The minimum atomic E-state index is -1.04. The fourth-order valence-electron chi connectivity index (χ4n) is 1.41. The molecule has 8 nitrogen and oxygen atoms in total. The number of allylic oxidation sites excluding steroid dienone is 2. The van der Waals surface area contributed by atoms with Gasteiger partial charge in [0.05, 0.1) is 0 Å². The van der Waals surface area contributed by atoms with E-state index in [2.05, 4.69) is 21.7 Å². The number of urea groups is 2. The molecule has 10 heteroatoms. The molecule has 0 saturated carbocycles. The van der Waals surface area contributed by atoms with Crippen LogP contribution in [0.25, 0.3) is 0 Å². The number of amides is 4. The standard InChI is InChI=1S/C10H4Cl2O2.C2H4N4O2/c11-7-8(12)10(14)6-4-2-1-3-5(6)9(7)13;3-1(7)5-6-2(4)8/h1-4H;(H2,3,7)(H2,4,8). The lowest BCUT2D eigenvalue weighted by Gasteiger charge is -2.12. The van der Waals surface area contributed by atoms with Crippen molar-refractivity contribution in [2.45, 2.75) is 0 Å². The molecule has 0 fully saturated rings. The first-order valence-corrected chi connectivity index (χ1v) is 6.25. The highest BCUT2D eigenvalue weighted by Crippen LogP contribution is 2.30. The van der Waals surface area contributed by atoms with Gasteiger partial charge in [-0.1, -0.05) is 57.7 Å². The number of azo groups is 1. The Bertz CT molecular complexity index is 669. The number of primary amides is 2. The molecule has 0 saturated heterocycles. The molecule has 0 spiro atoms. The monoisotopic (exact) mass is 342 g/mol. The van der Waals surface area contributed by atoms with Gasteiger partial charge in [0, 0.05) is 11.1 Å². The summed E-state index contributed by atoms with van der Waals surface area (Å²) >= 11 is 11.2. The second-order valence-corrected chi connectivity index (χ2v) is 4.46. The number of benzene rings is 1. The first-order valence-electron chi connectivity index (χ1n) is 5.50. The highest BCUT2D eigenvalue weighted by atomic mass is 35.5. The van der Waals surface area contributed by atoms with Gasteiger partial charge < -0.3 is 11.5 Å². The zero-order valence-electron chi connectivity index (χ0n) is 10.7. The Kier molecular flexibility index (Phi) is 5.90. The van der Waals surface area contributed by atoms with Crippen LogP contribution in [0.15, 0.2) is 44.6 Å². The number of fused-ring (bicyclic) bond motifs is 1. The van der Waals surface area contributed by atoms with E-state index in [1.54, 1.807) is 24.3 Å².